The minimum atomic E-state index is -0.732. The number of carboxylic acids is 1. The van der Waals surface area contributed by atoms with E-state index >= 15 is 0 Å². The van der Waals surface area contributed by atoms with Gasteiger partial charge in [0.2, 0.25) is 0 Å². The summed E-state index contributed by atoms with van der Waals surface area (Å²) >= 11 is 0. The predicted octanol–water partition coefficient (Wildman–Crippen LogP) is 2.43. The summed E-state index contributed by atoms with van der Waals surface area (Å²) < 4.78 is 1.73. The molecule has 0 spiro atoms. The minimum absolute atomic E-state index is 0.0390. The van der Waals surface area contributed by atoms with Crippen LogP contribution in [0.3, 0.4) is 0 Å². The Morgan fingerprint density at radius 2 is 1.96 bits per heavy atom. The molecule has 1 saturated carbocycles. The summed E-state index contributed by atoms with van der Waals surface area (Å²) in [4.78, 5) is 23.7. The summed E-state index contributed by atoms with van der Waals surface area (Å²) in [5, 5.41) is 17.4. The third kappa shape index (κ3) is 3.06. The van der Waals surface area contributed by atoms with Crippen molar-refractivity contribution in [2.45, 2.75) is 45.2 Å². The number of aliphatic carboxylic acids is 1. The van der Waals surface area contributed by atoms with Crippen LogP contribution in [-0.4, -0.2) is 32.8 Å². The molecule has 1 aliphatic rings. The molecular weight excluding hydrogens is 294 g/mol. The first kappa shape index (κ1) is 15.5. The molecular formula is C17H21N3O3. The summed E-state index contributed by atoms with van der Waals surface area (Å²) in [7, 11) is 0. The summed E-state index contributed by atoms with van der Waals surface area (Å²) in [6, 6.07) is 7.65. The van der Waals surface area contributed by atoms with Gasteiger partial charge in [-0.3, -0.25) is 14.3 Å². The van der Waals surface area contributed by atoms with Crippen molar-refractivity contribution in [3.05, 3.63) is 30.0 Å². The highest BCUT2D eigenvalue weighted by Gasteiger charge is 2.28. The molecule has 0 saturated heterocycles. The average molecular weight is 315 g/mol. The van der Waals surface area contributed by atoms with Gasteiger partial charge in [-0.25, -0.2) is 0 Å². The maximum absolute atomic E-state index is 12.7. The van der Waals surface area contributed by atoms with Gasteiger partial charge in [-0.1, -0.05) is 18.2 Å². The van der Waals surface area contributed by atoms with Gasteiger partial charge in [-0.15, -0.1) is 0 Å². The molecule has 1 heterocycles. The Morgan fingerprint density at radius 1 is 1.26 bits per heavy atom. The second-order valence-corrected chi connectivity index (χ2v) is 6.04. The SMILES string of the molecule is CCn1nc2ccccc2c1C(=O)NC1CCC(C(=O)O)CC1. The number of rotatable bonds is 4. The number of aryl methyl sites for hydroxylation is 1. The number of hydrogen-bond donors (Lipinski definition) is 2. The van der Waals surface area contributed by atoms with Crippen LogP contribution < -0.4 is 5.32 Å². The van der Waals surface area contributed by atoms with Crippen molar-refractivity contribution in [2.24, 2.45) is 5.92 Å². The number of nitrogens with one attached hydrogen (secondary N) is 1. The predicted molar refractivity (Wildman–Crippen MR) is 86.3 cm³/mol. The van der Waals surface area contributed by atoms with Crippen LogP contribution in [0.2, 0.25) is 0 Å². The van der Waals surface area contributed by atoms with E-state index in [0.29, 0.717) is 37.9 Å². The first-order valence-electron chi connectivity index (χ1n) is 8.09. The molecule has 1 aromatic carbocycles. The molecule has 23 heavy (non-hydrogen) atoms. The monoisotopic (exact) mass is 315 g/mol. The number of amides is 1. The molecule has 2 aromatic rings. The van der Waals surface area contributed by atoms with Crippen molar-refractivity contribution in [2.75, 3.05) is 0 Å². The lowest BCUT2D eigenvalue weighted by Crippen LogP contribution is -2.39. The molecule has 6 heteroatoms. The smallest absolute Gasteiger partial charge is 0.306 e. The Morgan fingerprint density at radius 3 is 2.61 bits per heavy atom. The molecule has 0 atom stereocenters. The van der Waals surface area contributed by atoms with Gasteiger partial charge in [-0.05, 0) is 38.7 Å². The maximum Gasteiger partial charge on any atom is 0.306 e. The van der Waals surface area contributed by atoms with E-state index in [2.05, 4.69) is 10.4 Å². The molecule has 0 bridgehead atoms. The number of aromatic nitrogens is 2. The lowest BCUT2D eigenvalue weighted by molar-refractivity contribution is -0.142. The van der Waals surface area contributed by atoms with Crippen LogP contribution in [0.5, 0.6) is 0 Å². The third-order valence-electron chi connectivity index (χ3n) is 4.57. The minimum Gasteiger partial charge on any atom is -0.481 e. The summed E-state index contributed by atoms with van der Waals surface area (Å²) in [5.41, 5.74) is 1.40. The first-order chi connectivity index (χ1) is 11.1. The average Bonchev–Trinajstić information content (AvgIpc) is 2.94. The van der Waals surface area contributed by atoms with Gasteiger partial charge in [0.25, 0.3) is 5.91 Å². The molecule has 0 aliphatic heterocycles. The molecule has 1 aliphatic carbocycles. The molecule has 122 valence electrons. The highest BCUT2D eigenvalue weighted by molar-refractivity contribution is 6.05. The van der Waals surface area contributed by atoms with Crippen LogP contribution in [0.4, 0.5) is 0 Å². The molecule has 1 aromatic heterocycles. The normalized spacial score (nSPS) is 21.3. The summed E-state index contributed by atoms with van der Waals surface area (Å²) in [6.45, 7) is 2.59. The summed E-state index contributed by atoms with van der Waals surface area (Å²) in [6.07, 6.45) is 2.66. The number of carbonyl (C=O) groups excluding carboxylic acids is 1. The van der Waals surface area contributed by atoms with E-state index in [0.717, 1.165) is 10.9 Å². The van der Waals surface area contributed by atoms with Crippen LogP contribution in [-0.2, 0) is 11.3 Å². The zero-order valence-electron chi connectivity index (χ0n) is 13.2. The van der Waals surface area contributed by atoms with Crippen LogP contribution in [0, 0.1) is 5.92 Å². The zero-order valence-corrected chi connectivity index (χ0v) is 13.2. The standard InChI is InChI=1S/C17H21N3O3/c1-2-20-15(13-5-3-4-6-14(13)19-20)16(21)18-12-9-7-11(8-10-12)17(22)23/h3-6,11-12H,2,7-10H2,1H3,(H,18,21)(H,22,23). The van der Waals surface area contributed by atoms with Crippen LogP contribution >= 0.6 is 0 Å². The Kier molecular flexibility index (Phi) is 4.32. The fourth-order valence-electron chi connectivity index (χ4n) is 3.29. The molecule has 3 rings (SSSR count). The Hall–Kier alpha value is -2.37. The van der Waals surface area contributed by atoms with E-state index in [1.807, 2.05) is 31.2 Å². The fraction of sp³-hybridized carbons (Fsp3) is 0.471. The number of nitrogens with zero attached hydrogens (tertiary/aromatic N) is 2. The first-order valence-corrected chi connectivity index (χ1v) is 8.09. The largest absolute Gasteiger partial charge is 0.481 e. The maximum atomic E-state index is 12.7. The van der Waals surface area contributed by atoms with Crippen LogP contribution in [0.15, 0.2) is 24.3 Å². The van der Waals surface area contributed by atoms with Gasteiger partial charge in [0.1, 0.15) is 5.69 Å². The van der Waals surface area contributed by atoms with Gasteiger partial charge < -0.3 is 10.4 Å². The van der Waals surface area contributed by atoms with Crippen molar-refractivity contribution in [1.29, 1.82) is 0 Å². The van der Waals surface area contributed by atoms with Crippen molar-refractivity contribution in [3.8, 4) is 0 Å². The molecule has 1 fully saturated rings. The Labute approximate surface area is 134 Å². The topological polar surface area (TPSA) is 84.2 Å². The Balaban J connectivity index is 1.75. The van der Waals surface area contributed by atoms with Gasteiger partial charge in [0, 0.05) is 18.0 Å². The van der Waals surface area contributed by atoms with Gasteiger partial charge in [-0.2, -0.15) is 5.10 Å². The third-order valence-corrected chi connectivity index (χ3v) is 4.57. The second kappa shape index (κ2) is 6.40. The van der Waals surface area contributed by atoms with Gasteiger partial charge >= 0.3 is 5.97 Å². The van der Waals surface area contributed by atoms with Crippen molar-refractivity contribution >= 4 is 22.8 Å². The van der Waals surface area contributed by atoms with Gasteiger partial charge in [0.05, 0.1) is 11.4 Å². The highest BCUT2D eigenvalue weighted by Crippen LogP contribution is 2.25. The zero-order chi connectivity index (χ0) is 16.4. The van der Waals surface area contributed by atoms with E-state index in [9.17, 15) is 9.59 Å². The van der Waals surface area contributed by atoms with E-state index in [4.69, 9.17) is 5.11 Å². The number of carboxylic acid groups (broad SMARTS) is 1. The number of carbonyl (C=O) groups is 2. The molecule has 6 nitrogen and oxygen atoms in total. The molecule has 2 N–H and O–H groups in total. The molecule has 0 radical (unpaired) electrons. The van der Waals surface area contributed by atoms with E-state index in [1.165, 1.54) is 0 Å². The van der Waals surface area contributed by atoms with Crippen LogP contribution in [0.25, 0.3) is 10.9 Å². The van der Waals surface area contributed by atoms with Crippen molar-refractivity contribution in [3.63, 3.8) is 0 Å². The van der Waals surface area contributed by atoms with Crippen molar-refractivity contribution < 1.29 is 14.7 Å². The van der Waals surface area contributed by atoms with E-state index in [-0.39, 0.29) is 17.9 Å². The number of hydrogen-bond acceptors (Lipinski definition) is 3. The lowest BCUT2D eigenvalue weighted by atomic mass is 9.86. The van der Waals surface area contributed by atoms with E-state index in [1.54, 1.807) is 4.68 Å². The Bertz CT molecular complexity index is 730. The quantitative estimate of drug-likeness (QED) is 0.907. The molecule has 0 unspecified atom stereocenters. The lowest BCUT2D eigenvalue weighted by Gasteiger charge is -2.26. The fourth-order valence-corrected chi connectivity index (χ4v) is 3.29. The van der Waals surface area contributed by atoms with Crippen molar-refractivity contribution in [1.82, 2.24) is 15.1 Å². The summed E-state index contributed by atoms with van der Waals surface area (Å²) in [5.74, 6) is -1.13. The number of fused-ring (bicyclic) bond motifs is 1. The van der Waals surface area contributed by atoms with Crippen LogP contribution in [0.1, 0.15) is 43.1 Å². The highest BCUT2D eigenvalue weighted by atomic mass is 16.4. The van der Waals surface area contributed by atoms with E-state index < -0.39 is 5.97 Å². The second-order valence-electron chi connectivity index (χ2n) is 6.04. The number of benzene rings is 1. The molecule has 1 amide bonds. The van der Waals surface area contributed by atoms with Gasteiger partial charge in [0.15, 0.2) is 0 Å².